The second-order valence-electron chi connectivity index (χ2n) is 6.83. The van der Waals surface area contributed by atoms with Crippen molar-refractivity contribution in [3.8, 4) is 5.75 Å². The van der Waals surface area contributed by atoms with Crippen LogP contribution in [0, 0.1) is 6.92 Å². The first kappa shape index (κ1) is 19.9. The van der Waals surface area contributed by atoms with Gasteiger partial charge in [0, 0.05) is 45.3 Å². The lowest BCUT2D eigenvalue weighted by Gasteiger charge is -2.34. The number of benzene rings is 1. The van der Waals surface area contributed by atoms with Crippen molar-refractivity contribution >= 4 is 11.8 Å². The van der Waals surface area contributed by atoms with E-state index in [4.69, 9.17) is 9.26 Å². The van der Waals surface area contributed by atoms with Gasteiger partial charge < -0.3 is 19.5 Å². The van der Waals surface area contributed by atoms with Crippen molar-refractivity contribution in [1.82, 2.24) is 20.3 Å². The van der Waals surface area contributed by atoms with Gasteiger partial charge >= 0.3 is 0 Å². The Bertz CT molecular complexity index is 795. The molecule has 0 aliphatic carbocycles. The summed E-state index contributed by atoms with van der Waals surface area (Å²) < 4.78 is 10.1. The van der Waals surface area contributed by atoms with Crippen LogP contribution in [-0.2, 0) is 11.2 Å². The van der Waals surface area contributed by atoms with E-state index in [1.165, 1.54) is 0 Å². The molecule has 1 aliphatic rings. The monoisotopic (exact) mass is 386 g/mol. The lowest BCUT2D eigenvalue weighted by atomic mass is 10.1. The molecule has 150 valence electrons. The van der Waals surface area contributed by atoms with E-state index >= 15 is 0 Å². The number of amides is 2. The third-order valence-corrected chi connectivity index (χ3v) is 4.78. The highest BCUT2D eigenvalue weighted by molar-refractivity contribution is 5.92. The second kappa shape index (κ2) is 9.36. The van der Waals surface area contributed by atoms with Crippen molar-refractivity contribution in [2.75, 3.05) is 46.4 Å². The predicted molar refractivity (Wildman–Crippen MR) is 103 cm³/mol. The fourth-order valence-electron chi connectivity index (χ4n) is 3.15. The number of ether oxygens (including phenoxy) is 1. The van der Waals surface area contributed by atoms with Gasteiger partial charge in [0.05, 0.1) is 13.5 Å². The number of nitrogens with zero attached hydrogens (tertiary/aromatic N) is 3. The van der Waals surface area contributed by atoms with Gasteiger partial charge in [0.2, 0.25) is 5.91 Å². The molecule has 2 amide bonds. The summed E-state index contributed by atoms with van der Waals surface area (Å²) in [6, 6.07) is 9.15. The SMILES string of the molecule is COc1ccc(CC(=O)NCCN2CCN(C(=O)c3cc(C)on3)CC2)cc1. The Morgan fingerprint density at radius 2 is 1.89 bits per heavy atom. The molecule has 0 saturated carbocycles. The molecule has 8 heteroatoms. The molecular formula is C20H26N4O4. The Labute approximate surface area is 164 Å². The Hall–Kier alpha value is -2.87. The molecule has 0 radical (unpaired) electrons. The number of hydrogen-bond donors (Lipinski definition) is 1. The lowest BCUT2D eigenvalue weighted by Crippen LogP contribution is -2.50. The van der Waals surface area contributed by atoms with E-state index in [0.717, 1.165) is 30.9 Å². The normalized spacial score (nSPS) is 14.7. The third-order valence-electron chi connectivity index (χ3n) is 4.78. The molecule has 1 aliphatic heterocycles. The molecule has 1 aromatic carbocycles. The molecular weight excluding hydrogens is 360 g/mol. The van der Waals surface area contributed by atoms with Crippen LogP contribution in [0.5, 0.6) is 5.75 Å². The van der Waals surface area contributed by atoms with Crippen LogP contribution < -0.4 is 10.1 Å². The first-order valence-corrected chi connectivity index (χ1v) is 9.40. The van der Waals surface area contributed by atoms with Gasteiger partial charge in [-0.1, -0.05) is 17.3 Å². The molecule has 3 rings (SSSR count). The lowest BCUT2D eigenvalue weighted by molar-refractivity contribution is -0.120. The van der Waals surface area contributed by atoms with Crippen LogP contribution in [0.3, 0.4) is 0 Å². The fourth-order valence-corrected chi connectivity index (χ4v) is 3.15. The van der Waals surface area contributed by atoms with E-state index in [1.807, 2.05) is 24.3 Å². The van der Waals surface area contributed by atoms with E-state index in [-0.39, 0.29) is 11.8 Å². The average molecular weight is 386 g/mol. The van der Waals surface area contributed by atoms with Crippen LogP contribution >= 0.6 is 0 Å². The number of carbonyl (C=O) groups is 2. The van der Waals surface area contributed by atoms with Gasteiger partial charge in [0.15, 0.2) is 5.69 Å². The number of carbonyl (C=O) groups excluding carboxylic acids is 2. The maximum atomic E-state index is 12.4. The molecule has 1 N–H and O–H groups in total. The highest BCUT2D eigenvalue weighted by atomic mass is 16.5. The minimum Gasteiger partial charge on any atom is -0.497 e. The Balaban J connectivity index is 1.34. The summed E-state index contributed by atoms with van der Waals surface area (Å²) in [5.74, 6) is 1.32. The Kier molecular flexibility index (Phi) is 6.65. The maximum absolute atomic E-state index is 12.4. The quantitative estimate of drug-likeness (QED) is 0.767. The second-order valence-corrected chi connectivity index (χ2v) is 6.83. The molecule has 2 aromatic rings. The van der Waals surface area contributed by atoms with Crippen molar-refractivity contribution in [2.45, 2.75) is 13.3 Å². The largest absolute Gasteiger partial charge is 0.497 e. The van der Waals surface area contributed by atoms with Gasteiger partial charge in [-0.25, -0.2) is 0 Å². The smallest absolute Gasteiger partial charge is 0.276 e. The van der Waals surface area contributed by atoms with Crippen LogP contribution in [0.2, 0.25) is 0 Å². The highest BCUT2D eigenvalue weighted by Gasteiger charge is 2.24. The van der Waals surface area contributed by atoms with Gasteiger partial charge in [0.1, 0.15) is 11.5 Å². The standard InChI is InChI=1S/C20H26N4O4/c1-15-13-18(22-28-15)20(26)24-11-9-23(10-12-24)8-7-21-19(25)14-16-3-5-17(27-2)6-4-16/h3-6,13H,7-12,14H2,1-2H3,(H,21,25). The van der Waals surface area contributed by atoms with E-state index in [1.54, 1.807) is 25.0 Å². The van der Waals surface area contributed by atoms with Crippen molar-refractivity contribution in [3.05, 3.63) is 47.3 Å². The van der Waals surface area contributed by atoms with Crippen LogP contribution in [0.25, 0.3) is 0 Å². The number of methoxy groups -OCH3 is 1. The maximum Gasteiger partial charge on any atom is 0.276 e. The van der Waals surface area contributed by atoms with E-state index in [2.05, 4.69) is 15.4 Å². The predicted octanol–water partition coefficient (Wildman–Crippen LogP) is 1.11. The minimum atomic E-state index is -0.0932. The third kappa shape index (κ3) is 5.32. The number of aromatic nitrogens is 1. The topological polar surface area (TPSA) is 87.9 Å². The van der Waals surface area contributed by atoms with E-state index < -0.39 is 0 Å². The zero-order valence-electron chi connectivity index (χ0n) is 16.3. The number of nitrogens with one attached hydrogen (secondary N) is 1. The first-order valence-electron chi connectivity index (χ1n) is 9.40. The van der Waals surface area contributed by atoms with Gasteiger partial charge in [-0.05, 0) is 24.6 Å². The van der Waals surface area contributed by atoms with Crippen LogP contribution in [0.15, 0.2) is 34.9 Å². The average Bonchev–Trinajstić information content (AvgIpc) is 3.15. The number of rotatable bonds is 7. The van der Waals surface area contributed by atoms with Gasteiger partial charge in [-0.2, -0.15) is 0 Å². The summed E-state index contributed by atoms with van der Waals surface area (Å²) in [6.07, 6.45) is 0.351. The minimum absolute atomic E-state index is 0.000354. The van der Waals surface area contributed by atoms with Crippen LogP contribution in [0.1, 0.15) is 21.8 Å². The van der Waals surface area contributed by atoms with Crippen molar-refractivity contribution in [1.29, 1.82) is 0 Å². The number of aryl methyl sites for hydroxylation is 1. The highest BCUT2D eigenvalue weighted by Crippen LogP contribution is 2.12. The summed E-state index contributed by atoms with van der Waals surface area (Å²) in [6.45, 7) is 5.96. The van der Waals surface area contributed by atoms with Crippen molar-refractivity contribution in [3.63, 3.8) is 0 Å². The van der Waals surface area contributed by atoms with Gasteiger partial charge in [-0.15, -0.1) is 0 Å². The first-order chi connectivity index (χ1) is 13.5. The van der Waals surface area contributed by atoms with Crippen molar-refractivity contribution < 1.29 is 18.8 Å². The molecule has 1 saturated heterocycles. The van der Waals surface area contributed by atoms with E-state index in [9.17, 15) is 9.59 Å². The zero-order valence-corrected chi connectivity index (χ0v) is 16.3. The molecule has 8 nitrogen and oxygen atoms in total. The van der Waals surface area contributed by atoms with Crippen LogP contribution in [0.4, 0.5) is 0 Å². The molecule has 1 fully saturated rings. The molecule has 28 heavy (non-hydrogen) atoms. The van der Waals surface area contributed by atoms with Gasteiger partial charge in [0.25, 0.3) is 5.91 Å². The van der Waals surface area contributed by atoms with Gasteiger partial charge in [-0.3, -0.25) is 14.5 Å². The molecule has 1 aromatic heterocycles. The molecule has 2 heterocycles. The summed E-state index contributed by atoms with van der Waals surface area (Å²) in [5.41, 5.74) is 1.31. The molecule has 0 bridgehead atoms. The van der Waals surface area contributed by atoms with Crippen LogP contribution in [-0.4, -0.2) is 73.1 Å². The zero-order chi connectivity index (χ0) is 19.9. The molecule has 0 spiro atoms. The van der Waals surface area contributed by atoms with Crippen molar-refractivity contribution in [2.24, 2.45) is 0 Å². The number of hydrogen-bond acceptors (Lipinski definition) is 6. The Morgan fingerprint density at radius 1 is 1.18 bits per heavy atom. The van der Waals surface area contributed by atoms with E-state index in [0.29, 0.717) is 37.5 Å². The summed E-state index contributed by atoms with van der Waals surface area (Å²) >= 11 is 0. The summed E-state index contributed by atoms with van der Waals surface area (Å²) in [7, 11) is 1.62. The number of piperazine rings is 1. The fraction of sp³-hybridized carbons (Fsp3) is 0.450. The molecule has 0 atom stereocenters. The Morgan fingerprint density at radius 3 is 2.50 bits per heavy atom. The summed E-state index contributed by atoms with van der Waals surface area (Å²) in [4.78, 5) is 28.5. The summed E-state index contributed by atoms with van der Waals surface area (Å²) in [5, 5.41) is 6.74. The molecule has 0 unspecified atom stereocenters.